The molecule has 0 aromatic carbocycles. The lowest BCUT2D eigenvalue weighted by Crippen LogP contribution is -2.30. The van der Waals surface area contributed by atoms with Crippen molar-refractivity contribution in [2.45, 2.75) is 6.54 Å². The third-order valence-corrected chi connectivity index (χ3v) is 2.27. The molecule has 0 bridgehead atoms. The predicted octanol–water partition coefficient (Wildman–Crippen LogP) is 0.677. The summed E-state index contributed by atoms with van der Waals surface area (Å²) in [6, 6.07) is 3.64. The summed E-state index contributed by atoms with van der Waals surface area (Å²) in [5, 5.41) is 10.5. The van der Waals surface area contributed by atoms with Crippen molar-refractivity contribution in [2.24, 2.45) is 0 Å². The van der Waals surface area contributed by atoms with Gasteiger partial charge >= 0.3 is 0 Å². The SMILES string of the molecule is CN(C=O)C(=C[N+](=O)[O-])N(C)Cc1cccnc1. The third-order valence-electron chi connectivity index (χ3n) is 2.27. The number of nitrogens with zero attached hydrogens (tertiary/aromatic N) is 4. The van der Waals surface area contributed by atoms with Crippen molar-refractivity contribution in [1.29, 1.82) is 0 Å². The van der Waals surface area contributed by atoms with E-state index in [2.05, 4.69) is 4.98 Å². The average molecular weight is 250 g/mol. The first kappa shape index (κ1) is 13.6. The Hall–Kier alpha value is -2.44. The Balaban J connectivity index is 2.86. The molecule has 18 heavy (non-hydrogen) atoms. The molecule has 0 saturated heterocycles. The molecule has 0 fully saturated rings. The lowest BCUT2D eigenvalue weighted by atomic mass is 10.3. The van der Waals surface area contributed by atoms with E-state index in [9.17, 15) is 14.9 Å². The first-order valence-corrected chi connectivity index (χ1v) is 5.18. The molecule has 7 nitrogen and oxygen atoms in total. The fourth-order valence-electron chi connectivity index (χ4n) is 1.45. The van der Waals surface area contributed by atoms with Crippen molar-refractivity contribution >= 4 is 6.41 Å². The van der Waals surface area contributed by atoms with Crippen molar-refractivity contribution in [2.75, 3.05) is 14.1 Å². The highest BCUT2D eigenvalue weighted by Crippen LogP contribution is 2.10. The summed E-state index contributed by atoms with van der Waals surface area (Å²) >= 11 is 0. The summed E-state index contributed by atoms with van der Waals surface area (Å²) in [4.78, 5) is 27.4. The van der Waals surface area contributed by atoms with Gasteiger partial charge in [0.1, 0.15) is 0 Å². The molecule has 96 valence electrons. The molecule has 1 aromatic heterocycles. The topological polar surface area (TPSA) is 79.6 Å². The van der Waals surface area contributed by atoms with Crippen LogP contribution in [0.3, 0.4) is 0 Å². The molecule has 7 heteroatoms. The molecule has 0 saturated carbocycles. The first-order valence-electron chi connectivity index (χ1n) is 5.18. The predicted molar refractivity (Wildman–Crippen MR) is 64.6 cm³/mol. The Morgan fingerprint density at radius 1 is 1.56 bits per heavy atom. The summed E-state index contributed by atoms with van der Waals surface area (Å²) in [7, 11) is 3.13. The van der Waals surface area contributed by atoms with E-state index in [1.807, 2.05) is 6.07 Å². The molecule has 0 radical (unpaired) electrons. The van der Waals surface area contributed by atoms with Gasteiger partial charge in [-0.1, -0.05) is 6.07 Å². The van der Waals surface area contributed by atoms with Crippen molar-refractivity contribution in [3.63, 3.8) is 0 Å². The molecule has 1 aromatic rings. The van der Waals surface area contributed by atoms with Crippen LogP contribution in [0.15, 0.2) is 36.5 Å². The number of hydrogen-bond acceptors (Lipinski definition) is 5. The first-order chi connectivity index (χ1) is 8.54. The van der Waals surface area contributed by atoms with Gasteiger partial charge in [0.2, 0.25) is 6.41 Å². The van der Waals surface area contributed by atoms with Crippen LogP contribution in [0, 0.1) is 10.1 Å². The molecular weight excluding hydrogens is 236 g/mol. The molecule has 1 heterocycles. The third kappa shape index (κ3) is 3.85. The molecule has 1 amide bonds. The number of aromatic nitrogens is 1. The number of nitro groups is 1. The van der Waals surface area contributed by atoms with Crippen molar-refractivity contribution in [3.8, 4) is 0 Å². The van der Waals surface area contributed by atoms with Crippen molar-refractivity contribution < 1.29 is 9.72 Å². The van der Waals surface area contributed by atoms with E-state index in [4.69, 9.17) is 0 Å². The van der Waals surface area contributed by atoms with Crippen LogP contribution in [0.1, 0.15) is 5.56 Å². The van der Waals surface area contributed by atoms with Gasteiger partial charge in [-0.25, -0.2) is 0 Å². The largest absolute Gasteiger partial charge is 0.351 e. The van der Waals surface area contributed by atoms with Gasteiger partial charge < -0.3 is 4.90 Å². The lowest BCUT2D eigenvalue weighted by Gasteiger charge is -2.24. The average Bonchev–Trinajstić information content (AvgIpc) is 2.36. The Morgan fingerprint density at radius 2 is 2.28 bits per heavy atom. The second-order valence-electron chi connectivity index (χ2n) is 3.71. The van der Waals surface area contributed by atoms with Gasteiger partial charge in [0.15, 0.2) is 5.82 Å². The van der Waals surface area contributed by atoms with E-state index in [-0.39, 0.29) is 5.82 Å². The van der Waals surface area contributed by atoms with E-state index < -0.39 is 4.92 Å². The van der Waals surface area contributed by atoms with Gasteiger partial charge in [-0.3, -0.25) is 24.8 Å². The summed E-state index contributed by atoms with van der Waals surface area (Å²) < 4.78 is 0. The Kier molecular flexibility index (Phi) is 4.79. The summed E-state index contributed by atoms with van der Waals surface area (Å²) in [6.07, 6.45) is 4.63. The Labute approximate surface area is 104 Å². The van der Waals surface area contributed by atoms with Crippen molar-refractivity contribution in [1.82, 2.24) is 14.8 Å². The van der Waals surface area contributed by atoms with Crippen LogP contribution in [0.2, 0.25) is 0 Å². The Bertz CT molecular complexity index is 447. The molecule has 0 unspecified atom stereocenters. The molecule has 1 rings (SSSR count). The fourth-order valence-corrected chi connectivity index (χ4v) is 1.45. The zero-order chi connectivity index (χ0) is 13.5. The number of carbonyl (C=O) groups excluding carboxylic acids is 1. The molecule has 0 atom stereocenters. The van der Waals surface area contributed by atoms with E-state index >= 15 is 0 Å². The highest BCUT2D eigenvalue weighted by molar-refractivity contribution is 5.49. The normalized spacial score (nSPS) is 10.9. The quantitative estimate of drug-likeness (QED) is 0.421. The number of carbonyl (C=O) groups is 1. The van der Waals surface area contributed by atoms with Crippen LogP contribution in [-0.4, -0.2) is 40.2 Å². The standard InChI is InChI=1S/C11H14N4O3/c1-13(7-10-4-3-5-12-6-10)11(8-15(17)18)14(2)9-16/h3-6,8-9H,7H2,1-2H3. The second-order valence-corrected chi connectivity index (χ2v) is 3.71. The minimum absolute atomic E-state index is 0.207. The van der Waals surface area contributed by atoms with E-state index in [0.717, 1.165) is 16.7 Å². The summed E-state index contributed by atoms with van der Waals surface area (Å²) in [5.41, 5.74) is 0.897. The highest BCUT2D eigenvalue weighted by atomic mass is 16.6. The van der Waals surface area contributed by atoms with E-state index in [0.29, 0.717) is 13.0 Å². The van der Waals surface area contributed by atoms with Crippen LogP contribution >= 0.6 is 0 Å². The maximum Gasteiger partial charge on any atom is 0.274 e. The monoisotopic (exact) mass is 250 g/mol. The van der Waals surface area contributed by atoms with E-state index in [1.165, 1.54) is 7.05 Å². The van der Waals surface area contributed by atoms with Crippen LogP contribution in [0.4, 0.5) is 0 Å². The fraction of sp³-hybridized carbons (Fsp3) is 0.273. The summed E-state index contributed by atoms with van der Waals surface area (Å²) in [6.45, 7) is 0.422. The van der Waals surface area contributed by atoms with Gasteiger partial charge in [-0.2, -0.15) is 0 Å². The van der Waals surface area contributed by atoms with Gasteiger partial charge in [0.05, 0.1) is 4.92 Å². The maximum absolute atomic E-state index is 10.7. The number of amides is 1. The number of rotatable bonds is 6. The van der Waals surface area contributed by atoms with Crippen LogP contribution in [0.5, 0.6) is 0 Å². The van der Waals surface area contributed by atoms with Gasteiger partial charge in [-0.05, 0) is 11.6 Å². The van der Waals surface area contributed by atoms with Gasteiger partial charge in [0.25, 0.3) is 6.20 Å². The molecule has 0 spiro atoms. The van der Waals surface area contributed by atoms with Crippen LogP contribution < -0.4 is 0 Å². The van der Waals surface area contributed by atoms with E-state index in [1.54, 1.807) is 30.4 Å². The zero-order valence-corrected chi connectivity index (χ0v) is 10.2. The molecule has 0 aliphatic carbocycles. The molecular formula is C11H14N4O3. The zero-order valence-electron chi connectivity index (χ0n) is 10.2. The van der Waals surface area contributed by atoms with Gasteiger partial charge in [0, 0.05) is 33.0 Å². The molecule has 0 N–H and O–H groups in total. The lowest BCUT2D eigenvalue weighted by molar-refractivity contribution is -0.405. The Morgan fingerprint density at radius 3 is 2.78 bits per heavy atom. The second kappa shape index (κ2) is 6.33. The van der Waals surface area contributed by atoms with Gasteiger partial charge in [-0.15, -0.1) is 0 Å². The minimum Gasteiger partial charge on any atom is -0.351 e. The summed E-state index contributed by atoms with van der Waals surface area (Å²) in [5.74, 6) is 0.207. The van der Waals surface area contributed by atoms with Crippen LogP contribution in [0.25, 0.3) is 0 Å². The molecule has 0 aliphatic rings. The van der Waals surface area contributed by atoms with Crippen molar-refractivity contribution in [3.05, 3.63) is 52.2 Å². The smallest absolute Gasteiger partial charge is 0.274 e. The minimum atomic E-state index is -0.588. The number of pyridine rings is 1. The maximum atomic E-state index is 10.7. The number of hydrogen-bond donors (Lipinski definition) is 0. The molecule has 0 aliphatic heterocycles. The highest BCUT2D eigenvalue weighted by Gasteiger charge is 2.14. The van der Waals surface area contributed by atoms with Crippen LogP contribution in [-0.2, 0) is 11.3 Å².